The first-order valence-corrected chi connectivity index (χ1v) is 7.93. The number of carbonyl (C=O) groups is 1. The molecule has 0 aliphatic heterocycles. The van der Waals surface area contributed by atoms with E-state index in [-0.39, 0.29) is 18.1 Å². The third-order valence-corrected chi connectivity index (χ3v) is 4.08. The van der Waals surface area contributed by atoms with Gasteiger partial charge in [0, 0.05) is 28.8 Å². The molecule has 8 heteroatoms. The van der Waals surface area contributed by atoms with Gasteiger partial charge in [-0.1, -0.05) is 30.9 Å². The van der Waals surface area contributed by atoms with Gasteiger partial charge >= 0.3 is 0 Å². The van der Waals surface area contributed by atoms with Gasteiger partial charge < -0.3 is 5.32 Å². The highest BCUT2D eigenvalue weighted by atomic mass is 35.5. The number of hydrazone groups is 1. The van der Waals surface area contributed by atoms with Crippen LogP contribution < -0.4 is 10.7 Å². The van der Waals surface area contributed by atoms with E-state index in [9.17, 15) is 14.9 Å². The SMILES string of the molecule is O=C(CNC1CCCCC1)N/N=C\c1cc([N+](=O)[O-])ccc1Cl. The van der Waals surface area contributed by atoms with Crippen LogP contribution in [0.25, 0.3) is 0 Å². The Labute approximate surface area is 139 Å². The minimum Gasteiger partial charge on any atom is -0.306 e. The first-order chi connectivity index (χ1) is 11.1. The molecule has 0 atom stereocenters. The van der Waals surface area contributed by atoms with Crippen LogP contribution in [0.15, 0.2) is 23.3 Å². The van der Waals surface area contributed by atoms with Crippen LogP contribution in [0.5, 0.6) is 0 Å². The summed E-state index contributed by atoms with van der Waals surface area (Å²) in [4.78, 5) is 21.9. The Morgan fingerprint density at radius 1 is 1.39 bits per heavy atom. The summed E-state index contributed by atoms with van der Waals surface area (Å²) < 4.78 is 0. The molecule has 0 radical (unpaired) electrons. The Balaban J connectivity index is 1.82. The Kier molecular flexibility index (Phi) is 6.49. The number of hydrogen-bond acceptors (Lipinski definition) is 5. The topological polar surface area (TPSA) is 96.6 Å². The van der Waals surface area contributed by atoms with Gasteiger partial charge in [-0.3, -0.25) is 14.9 Å². The summed E-state index contributed by atoms with van der Waals surface area (Å²) in [6.45, 7) is 0.199. The lowest BCUT2D eigenvalue weighted by atomic mass is 9.95. The molecule has 1 fully saturated rings. The van der Waals surface area contributed by atoms with Crippen molar-refractivity contribution < 1.29 is 9.72 Å². The monoisotopic (exact) mass is 338 g/mol. The van der Waals surface area contributed by atoms with E-state index < -0.39 is 4.92 Å². The van der Waals surface area contributed by atoms with Crippen molar-refractivity contribution in [3.05, 3.63) is 38.9 Å². The molecule has 0 aromatic heterocycles. The summed E-state index contributed by atoms with van der Waals surface area (Å²) in [6, 6.07) is 4.43. The summed E-state index contributed by atoms with van der Waals surface area (Å²) in [5, 5.41) is 18.0. The predicted molar refractivity (Wildman–Crippen MR) is 88.7 cm³/mol. The van der Waals surface area contributed by atoms with E-state index in [0.29, 0.717) is 16.6 Å². The molecular formula is C15H19ClN4O3. The number of carbonyl (C=O) groups excluding carboxylic acids is 1. The molecule has 1 aromatic carbocycles. The second-order valence-corrected chi connectivity index (χ2v) is 5.88. The van der Waals surface area contributed by atoms with Crippen molar-refractivity contribution in [2.24, 2.45) is 5.10 Å². The number of halogens is 1. The number of nitro benzene ring substituents is 1. The number of hydrogen-bond donors (Lipinski definition) is 2. The first kappa shape index (κ1) is 17.4. The Morgan fingerprint density at radius 3 is 2.83 bits per heavy atom. The normalized spacial score (nSPS) is 15.7. The lowest BCUT2D eigenvalue weighted by molar-refractivity contribution is -0.384. The molecule has 0 heterocycles. The first-order valence-electron chi connectivity index (χ1n) is 7.55. The maximum atomic E-state index is 11.7. The molecule has 124 valence electrons. The van der Waals surface area contributed by atoms with Crippen LogP contribution in [-0.2, 0) is 4.79 Å². The zero-order chi connectivity index (χ0) is 16.7. The molecular weight excluding hydrogens is 320 g/mol. The molecule has 0 unspecified atom stereocenters. The van der Waals surface area contributed by atoms with Crippen molar-refractivity contribution in [2.45, 2.75) is 38.1 Å². The van der Waals surface area contributed by atoms with Crippen LogP contribution >= 0.6 is 11.6 Å². The van der Waals surface area contributed by atoms with Gasteiger partial charge in [0.05, 0.1) is 17.7 Å². The zero-order valence-corrected chi connectivity index (χ0v) is 13.4. The Bertz CT molecular complexity index is 600. The highest BCUT2D eigenvalue weighted by Gasteiger charge is 2.13. The lowest BCUT2D eigenvalue weighted by Crippen LogP contribution is -2.38. The van der Waals surface area contributed by atoms with Crippen molar-refractivity contribution >= 4 is 29.4 Å². The molecule has 1 aliphatic rings. The van der Waals surface area contributed by atoms with E-state index in [0.717, 1.165) is 12.8 Å². The van der Waals surface area contributed by atoms with Crippen molar-refractivity contribution in [1.29, 1.82) is 0 Å². The van der Waals surface area contributed by atoms with Gasteiger partial charge in [-0.2, -0.15) is 5.10 Å². The van der Waals surface area contributed by atoms with Crippen LogP contribution in [0.1, 0.15) is 37.7 Å². The van der Waals surface area contributed by atoms with Crippen molar-refractivity contribution in [2.75, 3.05) is 6.54 Å². The van der Waals surface area contributed by atoms with Crippen LogP contribution in [0.4, 0.5) is 5.69 Å². The molecule has 1 saturated carbocycles. The number of rotatable bonds is 6. The molecule has 2 rings (SSSR count). The van der Waals surface area contributed by atoms with Gasteiger partial charge in [0.15, 0.2) is 0 Å². The minimum atomic E-state index is -0.514. The quantitative estimate of drug-likeness (QED) is 0.473. The van der Waals surface area contributed by atoms with Gasteiger partial charge in [-0.25, -0.2) is 5.43 Å². The largest absolute Gasteiger partial charge is 0.306 e. The predicted octanol–water partition coefficient (Wildman–Crippen LogP) is 2.62. The number of amides is 1. The van der Waals surface area contributed by atoms with Crippen molar-refractivity contribution in [3.63, 3.8) is 0 Å². The van der Waals surface area contributed by atoms with Gasteiger partial charge in [0.2, 0.25) is 0 Å². The number of nitrogens with one attached hydrogen (secondary N) is 2. The summed E-state index contributed by atoms with van der Waals surface area (Å²) in [5.74, 6) is -0.256. The average Bonchev–Trinajstić information content (AvgIpc) is 2.55. The molecule has 1 amide bonds. The lowest BCUT2D eigenvalue weighted by Gasteiger charge is -2.22. The van der Waals surface area contributed by atoms with Crippen LogP contribution in [0.2, 0.25) is 5.02 Å². The van der Waals surface area contributed by atoms with Crippen LogP contribution in [-0.4, -0.2) is 29.6 Å². The fourth-order valence-electron chi connectivity index (χ4n) is 2.50. The van der Waals surface area contributed by atoms with Crippen LogP contribution in [0.3, 0.4) is 0 Å². The van der Waals surface area contributed by atoms with E-state index in [4.69, 9.17) is 11.6 Å². The highest BCUT2D eigenvalue weighted by Crippen LogP contribution is 2.20. The third-order valence-electron chi connectivity index (χ3n) is 3.74. The number of nitro groups is 1. The Hall–Kier alpha value is -1.99. The van der Waals surface area contributed by atoms with Gasteiger partial charge in [0.1, 0.15) is 0 Å². The number of benzene rings is 1. The van der Waals surface area contributed by atoms with E-state index in [1.165, 1.54) is 43.7 Å². The van der Waals surface area contributed by atoms with Crippen molar-refractivity contribution in [1.82, 2.24) is 10.7 Å². The minimum absolute atomic E-state index is 0.0823. The smallest absolute Gasteiger partial charge is 0.270 e. The highest BCUT2D eigenvalue weighted by molar-refractivity contribution is 6.33. The molecule has 1 aliphatic carbocycles. The molecule has 0 bridgehead atoms. The summed E-state index contributed by atoms with van der Waals surface area (Å²) >= 11 is 5.94. The maximum Gasteiger partial charge on any atom is 0.270 e. The van der Waals surface area contributed by atoms with Gasteiger partial charge in [-0.05, 0) is 18.9 Å². The maximum absolute atomic E-state index is 11.7. The number of nitrogens with zero attached hydrogens (tertiary/aromatic N) is 2. The van der Waals surface area contributed by atoms with Gasteiger partial charge in [0.25, 0.3) is 11.6 Å². The molecule has 0 saturated heterocycles. The molecule has 0 spiro atoms. The second-order valence-electron chi connectivity index (χ2n) is 5.47. The van der Waals surface area contributed by atoms with E-state index in [2.05, 4.69) is 15.8 Å². The molecule has 2 N–H and O–H groups in total. The summed E-state index contributed by atoms with van der Waals surface area (Å²) in [6.07, 6.45) is 7.15. The van der Waals surface area contributed by atoms with Gasteiger partial charge in [-0.15, -0.1) is 0 Å². The summed E-state index contributed by atoms with van der Waals surface area (Å²) in [7, 11) is 0. The average molecular weight is 339 g/mol. The molecule has 1 aromatic rings. The van der Waals surface area contributed by atoms with E-state index in [1.54, 1.807) is 0 Å². The fourth-order valence-corrected chi connectivity index (χ4v) is 2.67. The third kappa shape index (κ3) is 5.61. The van der Waals surface area contributed by atoms with E-state index >= 15 is 0 Å². The Morgan fingerprint density at radius 2 is 2.13 bits per heavy atom. The molecule has 7 nitrogen and oxygen atoms in total. The summed E-state index contributed by atoms with van der Waals surface area (Å²) in [5.41, 5.74) is 2.68. The number of non-ortho nitro benzene ring substituents is 1. The standard InChI is InChI=1S/C15H19ClN4O3/c16-14-7-6-13(20(22)23)8-11(14)9-18-19-15(21)10-17-12-4-2-1-3-5-12/h6-9,12,17H,1-5,10H2,(H,19,21)/b18-9-. The second kappa shape index (κ2) is 8.59. The molecule has 23 heavy (non-hydrogen) atoms. The zero-order valence-electron chi connectivity index (χ0n) is 12.6. The van der Waals surface area contributed by atoms with Crippen molar-refractivity contribution in [3.8, 4) is 0 Å². The van der Waals surface area contributed by atoms with Crippen LogP contribution in [0, 0.1) is 10.1 Å². The fraction of sp³-hybridized carbons (Fsp3) is 0.467. The van der Waals surface area contributed by atoms with E-state index in [1.807, 2.05) is 0 Å².